The van der Waals surface area contributed by atoms with Crippen LogP contribution in [-0.4, -0.2) is 32.1 Å². The predicted molar refractivity (Wildman–Crippen MR) is 103 cm³/mol. The lowest BCUT2D eigenvalue weighted by molar-refractivity contribution is 0.203. The fraction of sp³-hybridized carbons (Fsp3) is 0.316. The summed E-state index contributed by atoms with van der Waals surface area (Å²) in [5.74, 6) is 0. The summed E-state index contributed by atoms with van der Waals surface area (Å²) < 4.78 is 1.03. The lowest BCUT2D eigenvalue weighted by Gasteiger charge is -2.22. The highest BCUT2D eigenvalue weighted by atomic mass is 79.9. The summed E-state index contributed by atoms with van der Waals surface area (Å²) in [6.45, 7) is 2.56. The molecule has 0 aliphatic rings. The lowest BCUT2D eigenvalue weighted by Crippen LogP contribution is -2.38. The molecule has 0 aliphatic carbocycles. The molecule has 2 rings (SSSR count). The molecule has 0 spiro atoms. The molecule has 0 aliphatic heterocycles. The molecule has 1 atom stereocenters. The van der Waals surface area contributed by atoms with Crippen LogP contribution in [0.15, 0.2) is 53.0 Å². The van der Waals surface area contributed by atoms with Crippen molar-refractivity contribution in [1.82, 2.24) is 10.2 Å². The van der Waals surface area contributed by atoms with Gasteiger partial charge in [-0.25, -0.2) is 4.79 Å². The van der Waals surface area contributed by atoms with Gasteiger partial charge in [-0.05, 0) is 42.3 Å². The van der Waals surface area contributed by atoms with Crippen LogP contribution in [0.25, 0.3) is 0 Å². The minimum atomic E-state index is -0.0814. The fourth-order valence-electron chi connectivity index (χ4n) is 2.38. The van der Waals surface area contributed by atoms with Crippen molar-refractivity contribution in [2.24, 2.45) is 0 Å². The number of nitrogens with one attached hydrogen (secondary N) is 1. The molecule has 2 aromatic carbocycles. The Morgan fingerprint density at radius 2 is 1.62 bits per heavy atom. The number of urea groups is 1. The Labute approximate surface area is 152 Å². The summed E-state index contributed by atoms with van der Waals surface area (Å²) >= 11 is 3.42. The minimum absolute atomic E-state index is 0.0378. The quantitative estimate of drug-likeness (QED) is 0.821. The Bertz CT molecular complexity index is 668. The van der Waals surface area contributed by atoms with E-state index in [0.29, 0.717) is 6.54 Å². The van der Waals surface area contributed by atoms with Crippen molar-refractivity contribution in [3.8, 4) is 0 Å². The Hall–Kier alpha value is -2.01. The van der Waals surface area contributed by atoms with Crippen molar-refractivity contribution in [1.29, 1.82) is 0 Å². The molecule has 2 amide bonds. The molecule has 0 aromatic heterocycles. The van der Waals surface area contributed by atoms with Gasteiger partial charge in [-0.3, -0.25) is 0 Å². The van der Waals surface area contributed by atoms with E-state index in [1.54, 1.807) is 4.90 Å². The second kappa shape index (κ2) is 8.20. The zero-order chi connectivity index (χ0) is 17.7. The first-order valence-electron chi connectivity index (χ1n) is 7.90. The SMILES string of the molecule is CC(NC(=O)N(C)Cc1ccc(N(C)C)cc1)c1ccc(Br)cc1. The molecule has 5 heteroatoms. The highest BCUT2D eigenvalue weighted by molar-refractivity contribution is 9.10. The third kappa shape index (κ3) is 4.99. The highest BCUT2D eigenvalue weighted by Crippen LogP contribution is 2.17. The van der Waals surface area contributed by atoms with E-state index in [1.165, 1.54) is 0 Å². The number of benzene rings is 2. The van der Waals surface area contributed by atoms with E-state index in [0.717, 1.165) is 21.3 Å². The number of anilines is 1. The van der Waals surface area contributed by atoms with Gasteiger partial charge in [0.1, 0.15) is 0 Å². The van der Waals surface area contributed by atoms with Gasteiger partial charge in [0.2, 0.25) is 0 Å². The summed E-state index contributed by atoms with van der Waals surface area (Å²) in [4.78, 5) is 16.1. The first kappa shape index (κ1) is 18.3. The normalized spacial score (nSPS) is 11.7. The van der Waals surface area contributed by atoms with Gasteiger partial charge in [0, 0.05) is 37.8 Å². The zero-order valence-electron chi connectivity index (χ0n) is 14.6. The second-order valence-corrected chi connectivity index (χ2v) is 7.06. The molecular formula is C19H24BrN3O. The number of carbonyl (C=O) groups is 1. The first-order chi connectivity index (χ1) is 11.4. The van der Waals surface area contributed by atoms with E-state index in [-0.39, 0.29) is 12.1 Å². The van der Waals surface area contributed by atoms with E-state index < -0.39 is 0 Å². The van der Waals surface area contributed by atoms with Crippen LogP contribution in [0.4, 0.5) is 10.5 Å². The van der Waals surface area contributed by atoms with Crippen LogP contribution in [0.3, 0.4) is 0 Å². The first-order valence-corrected chi connectivity index (χ1v) is 8.69. The maximum Gasteiger partial charge on any atom is 0.317 e. The van der Waals surface area contributed by atoms with E-state index in [4.69, 9.17) is 0 Å². The van der Waals surface area contributed by atoms with Crippen LogP contribution in [0, 0.1) is 0 Å². The summed E-state index contributed by atoms with van der Waals surface area (Å²) in [6, 6.07) is 16.1. The van der Waals surface area contributed by atoms with Crippen LogP contribution in [0.1, 0.15) is 24.1 Å². The molecule has 0 radical (unpaired) electrons. The van der Waals surface area contributed by atoms with Gasteiger partial charge in [-0.2, -0.15) is 0 Å². The van der Waals surface area contributed by atoms with Gasteiger partial charge < -0.3 is 15.1 Å². The van der Waals surface area contributed by atoms with Gasteiger partial charge in [0.15, 0.2) is 0 Å². The van der Waals surface area contributed by atoms with Crippen LogP contribution in [0.5, 0.6) is 0 Å². The number of halogens is 1. The van der Waals surface area contributed by atoms with Gasteiger partial charge in [-0.1, -0.05) is 40.2 Å². The second-order valence-electron chi connectivity index (χ2n) is 6.14. The van der Waals surface area contributed by atoms with Gasteiger partial charge in [0.25, 0.3) is 0 Å². The Morgan fingerprint density at radius 3 is 2.17 bits per heavy atom. The van der Waals surface area contributed by atoms with Crippen molar-refractivity contribution < 1.29 is 4.79 Å². The smallest absolute Gasteiger partial charge is 0.317 e. The van der Waals surface area contributed by atoms with Crippen molar-refractivity contribution in [3.63, 3.8) is 0 Å². The van der Waals surface area contributed by atoms with Crippen molar-refractivity contribution in [2.45, 2.75) is 19.5 Å². The maximum absolute atomic E-state index is 12.4. The molecule has 0 saturated carbocycles. The van der Waals surface area contributed by atoms with Crippen molar-refractivity contribution in [3.05, 3.63) is 64.1 Å². The average Bonchev–Trinajstić information content (AvgIpc) is 2.55. The number of rotatable bonds is 5. The molecule has 1 N–H and O–H groups in total. The van der Waals surface area contributed by atoms with E-state index in [9.17, 15) is 4.79 Å². The molecular weight excluding hydrogens is 366 g/mol. The van der Waals surface area contributed by atoms with Crippen molar-refractivity contribution >= 4 is 27.6 Å². The molecule has 128 valence electrons. The Balaban J connectivity index is 1.92. The molecule has 1 unspecified atom stereocenters. The maximum atomic E-state index is 12.4. The lowest BCUT2D eigenvalue weighted by atomic mass is 10.1. The topological polar surface area (TPSA) is 35.6 Å². The monoisotopic (exact) mass is 389 g/mol. The molecule has 0 saturated heterocycles. The third-order valence-corrected chi connectivity index (χ3v) is 4.46. The van der Waals surface area contributed by atoms with Crippen LogP contribution in [-0.2, 0) is 6.54 Å². The van der Waals surface area contributed by atoms with E-state index in [2.05, 4.69) is 50.4 Å². The van der Waals surface area contributed by atoms with E-state index >= 15 is 0 Å². The Kier molecular flexibility index (Phi) is 6.26. The zero-order valence-corrected chi connectivity index (χ0v) is 16.2. The van der Waals surface area contributed by atoms with Crippen LogP contribution in [0.2, 0.25) is 0 Å². The molecule has 4 nitrogen and oxygen atoms in total. The summed E-state index contributed by atoms with van der Waals surface area (Å²) in [5, 5.41) is 3.03. The highest BCUT2D eigenvalue weighted by Gasteiger charge is 2.13. The number of carbonyl (C=O) groups excluding carboxylic acids is 1. The number of nitrogens with zero attached hydrogens (tertiary/aromatic N) is 2. The average molecular weight is 390 g/mol. The standard InChI is InChI=1S/C19H24BrN3O/c1-14(16-7-9-17(20)10-8-16)21-19(24)23(4)13-15-5-11-18(12-6-15)22(2)3/h5-12,14H,13H2,1-4H3,(H,21,24). The fourth-order valence-corrected chi connectivity index (χ4v) is 2.64. The molecule has 0 heterocycles. The van der Waals surface area contributed by atoms with Gasteiger partial charge in [-0.15, -0.1) is 0 Å². The summed E-state index contributed by atoms with van der Waals surface area (Å²) in [7, 11) is 5.83. The molecule has 2 aromatic rings. The van der Waals surface area contributed by atoms with Crippen molar-refractivity contribution in [2.75, 3.05) is 26.0 Å². The largest absolute Gasteiger partial charge is 0.378 e. The van der Waals surface area contributed by atoms with Crippen LogP contribution >= 0.6 is 15.9 Å². The number of hydrogen-bond donors (Lipinski definition) is 1. The van der Waals surface area contributed by atoms with Gasteiger partial charge >= 0.3 is 6.03 Å². The summed E-state index contributed by atoms with van der Waals surface area (Å²) in [6.07, 6.45) is 0. The molecule has 24 heavy (non-hydrogen) atoms. The minimum Gasteiger partial charge on any atom is -0.378 e. The molecule has 0 bridgehead atoms. The molecule has 0 fully saturated rings. The van der Waals surface area contributed by atoms with Crippen LogP contribution < -0.4 is 10.2 Å². The Morgan fingerprint density at radius 1 is 1.04 bits per heavy atom. The summed E-state index contributed by atoms with van der Waals surface area (Å²) in [5.41, 5.74) is 3.33. The van der Waals surface area contributed by atoms with Gasteiger partial charge in [0.05, 0.1) is 6.04 Å². The third-order valence-electron chi connectivity index (χ3n) is 3.93. The number of hydrogen-bond acceptors (Lipinski definition) is 2. The predicted octanol–water partition coefficient (Wildman–Crippen LogP) is 4.42. The number of amides is 2. The van der Waals surface area contributed by atoms with E-state index in [1.807, 2.05) is 52.3 Å².